The third kappa shape index (κ3) is 4.91. The molecule has 0 bridgehead atoms. The Bertz CT molecular complexity index is 684. The van der Waals surface area contributed by atoms with Crippen LogP contribution in [0, 0.1) is 0 Å². The van der Waals surface area contributed by atoms with Crippen molar-refractivity contribution in [3.05, 3.63) is 48.0 Å². The highest BCUT2D eigenvalue weighted by Crippen LogP contribution is 2.23. The number of carbonyl (C=O) groups is 1. The zero-order valence-corrected chi connectivity index (χ0v) is 14.0. The van der Waals surface area contributed by atoms with Gasteiger partial charge in [-0.05, 0) is 31.7 Å². The van der Waals surface area contributed by atoms with Gasteiger partial charge in [-0.1, -0.05) is 30.7 Å². The first-order valence-electron chi connectivity index (χ1n) is 7.30. The van der Waals surface area contributed by atoms with Gasteiger partial charge >= 0.3 is 0 Å². The molecule has 0 spiro atoms. The highest BCUT2D eigenvalue weighted by molar-refractivity contribution is 6.31. The number of carbonyl (C=O) groups excluding carboxylic acids is 1. The van der Waals surface area contributed by atoms with E-state index in [-0.39, 0.29) is 12.5 Å². The van der Waals surface area contributed by atoms with Crippen molar-refractivity contribution in [2.75, 3.05) is 25.0 Å². The summed E-state index contributed by atoms with van der Waals surface area (Å²) in [6, 6.07) is 5.23. The van der Waals surface area contributed by atoms with Crippen molar-refractivity contribution in [1.29, 1.82) is 0 Å². The van der Waals surface area contributed by atoms with Gasteiger partial charge in [0.2, 0.25) is 5.91 Å². The number of anilines is 1. The molecule has 0 aliphatic carbocycles. The zero-order chi connectivity index (χ0) is 16.8. The standard InChI is InChI=1S/C16H20ClN5O/c1-4-21(8-12(2)3)9-16(23)20-14-7-13(17)5-6-15(14)22-11-18-10-19-22/h5-7,10-11H,2,4,8-9H2,1,3H3,(H,20,23). The zero-order valence-electron chi connectivity index (χ0n) is 13.3. The summed E-state index contributed by atoms with van der Waals surface area (Å²) < 4.78 is 1.58. The van der Waals surface area contributed by atoms with Crippen LogP contribution < -0.4 is 5.32 Å². The lowest BCUT2D eigenvalue weighted by molar-refractivity contribution is -0.117. The molecule has 0 aliphatic rings. The SMILES string of the molecule is C=C(C)CN(CC)CC(=O)Nc1cc(Cl)ccc1-n1cncn1. The van der Waals surface area contributed by atoms with Gasteiger partial charge in [-0.25, -0.2) is 9.67 Å². The minimum absolute atomic E-state index is 0.114. The van der Waals surface area contributed by atoms with E-state index in [1.54, 1.807) is 29.2 Å². The number of nitrogens with zero attached hydrogens (tertiary/aromatic N) is 4. The van der Waals surface area contributed by atoms with E-state index in [4.69, 9.17) is 11.6 Å². The van der Waals surface area contributed by atoms with Gasteiger partial charge in [0.25, 0.3) is 0 Å². The van der Waals surface area contributed by atoms with Gasteiger partial charge in [0.05, 0.1) is 17.9 Å². The molecule has 0 aliphatic heterocycles. The summed E-state index contributed by atoms with van der Waals surface area (Å²) in [6.07, 6.45) is 3.00. The molecule has 7 heteroatoms. The lowest BCUT2D eigenvalue weighted by atomic mass is 10.2. The summed E-state index contributed by atoms with van der Waals surface area (Å²) >= 11 is 6.04. The van der Waals surface area contributed by atoms with Crippen LogP contribution in [0.3, 0.4) is 0 Å². The van der Waals surface area contributed by atoms with E-state index >= 15 is 0 Å². The minimum Gasteiger partial charge on any atom is -0.323 e. The van der Waals surface area contributed by atoms with Gasteiger partial charge in [-0.3, -0.25) is 9.69 Å². The van der Waals surface area contributed by atoms with Crippen molar-refractivity contribution in [3.63, 3.8) is 0 Å². The summed E-state index contributed by atoms with van der Waals surface area (Å²) in [6.45, 7) is 9.58. The molecule has 1 aromatic heterocycles. The van der Waals surface area contributed by atoms with Crippen LogP contribution in [-0.2, 0) is 4.79 Å². The average Bonchev–Trinajstić information content (AvgIpc) is 3.00. The third-order valence-corrected chi connectivity index (χ3v) is 3.44. The molecule has 0 atom stereocenters. The summed E-state index contributed by atoms with van der Waals surface area (Å²) in [7, 11) is 0. The van der Waals surface area contributed by atoms with Crippen LogP contribution in [-0.4, -0.2) is 45.2 Å². The quantitative estimate of drug-likeness (QED) is 0.791. The van der Waals surface area contributed by atoms with E-state index in [2.05, 4.69) is 22.0 Å². The fraction of sp³-hybridized carbons (Fsp3) is 0.312. The van der Waals surface area contributed by atoms with Gasteiger partial charge in [0.15, 0.2) is 0 Å². The van der Waals surface area contributed by atoms with Crippen LogP contribution in [0.5, 0.6) is 0 Å². The Kier molecular flexibility index (Phi) is 5.90. The second-order valence-electron chi connectivity index (χ2n) is 5.31. The van der Waals surface area contributed by atoms with Crippen molar-refractivity contribution in [2.45, 2.75) is 13.8 Å². The van der Waals surface area contributed by atoms with Gasteiger partial charge < -0.3 is 5.32 Å². The summed E-state index contributed by atoms with van der Waals surface area (Å²) in [5.74, 6) is -0.114. The number of hydrogen-bond donors (Lipinski definition) is 1. The van der Waals surface area contributed by atoms with Crippen LogP contribution >= 0.6 is 11.6 Å². The Balaban J connectivity index is 2.14. The van der Waals surface area contributed by atoms with Crippen molar-refractivity contribution in [3.8, 4) is 5.69 Å². The smallest absolute Gasteiger partial charge is 0.238 e. The van der Waals surface area contributed by atoms with Crippen LogP contribution in [0.4, 0.5) is 5.69 Å². The van der Waals surface area contributed by atoms with E-state index < -0.39 is 0 Å². The minimum atomic E-state index is -0.114. The lowest BCUT2D eigenvalue weighted by Crippen LogP contribution is -2.34. The molecule has 1 aromatic carbocycles. The fourth-order valence-corrected chi connectivity index (χ4v) is 2.37. The number of rotatable bonds is 7. The molecule has 1 heterocycles. The molecule has 2 rings (SSSR count). The molecule has 23 heavy (non-hydrogen) atoms. The molecule has 0 fully saturated rings. The Morgan fingerprint density at radius 2 is 2.22 bits per heavy atom. The summed E-state index contributed by atoms with van der Waals surface area (Å²) in [5.41, 5.74) is 2.33. The second-order valence-corrected chi connectivity index (χ2v) is 5.75. The summed E-state index contributed by atoms with van der Waals surface area (Å²) in [4.78, 5) is 18.3. The van der Waals surface area contributed by atoms with E-state index in [1.807, 2.05) is 18.7 Å². The topological polar surface area (TPSA) is 63.1 Å². The van der Waals surface area contributed by atoms with Crippen molar-refractivity contribution in [2.24, 2.45) is 0 Å². The van der Waals surface area contributed by atoms with E-state index in [9.17, 15) is 4.79 Å². The van der Waals surface area contributed by atoms with E-state index in [0.717, 1.165) is 12.1 Å². The van der Waals surface area contributed by atoms with Crippen LogP contribution in [0.1, 0.15) is 13.8 Å². The maximum absolute atomic E-state index is 12.3. The molecule has 122 valence electrons. The van der Waals surface area contributed by atoms with Crippen LogP contribution in [0.25, 0.3) is 5.69 Å². The van der Waals surface area contributed by atoms with Crippen molar-refractivity contribution in [1.82, 2.24) is 19.7 Å². The maximum Gasteiger partial charge on any atom is 0.238 e. The maximum atomic E-state index is 12.3. The Hall–Kier alpha value is -2.18. The molecular formula is C16H20ClN5O. The molecule has 1 N–H and O–H groups in total. The number of amides is 1. The molecule has 0 radical (unpaired) electrons. The highest BCUT2D eigenvalue weighted by atomic mass is 35.5. The monoisotopic (exact) mass is 333 g/mol. The molecule has 0 unspecified atom stereocenters. The number of likely N-dealkylation sites (N-methyl/N-ethyl adjacent to an activating group) is 1. The van der Waals surface area contributed by atoms with Crippen LogP contribution in [0.2, 0.25) is 5.02 Å². The first-order chi connectivity index (χ1) is 11.0. The number of nitrogens with one attached hydrogen (secondary N) is 1. The van der Waals surface area contributed by atoms with E-state index in [1.165, 1.54) is 6.33 Å². The van der Waals surface area contributed by atoms with Gasteiger partial charge in [-0.2, -0.15) is 5.10 Å². The predicted octanol–water partition coefficient (Wildman–Crippen LogP) is 2.76. The number of benzene rings is 1. The molecule has 1 amide bonds. The van der Waals surface area contributed by atoms with E-state index in [0.29, 0.717) is 22.9 Å². The largest absolute Gasteiger partial charge is 0.323 e. The third-order valence-electron chi connectivity index (χ3n) is 3.21. The normalized spacial score (nSPS) is 10.8. The van der Waals surface area contributed by atoms with Crippen molar-refractivity contribution >= 4 is 23.2 Å². The summed E-state index contributed by atoms with van der Waals surface area (Å²) in [5, 5.41) is 7.52. The number of halogens is 1. The Labute approximate surface area is 140 Å². The second kappa shape index (κ2) is 7.89. The predicted molar refractivity (Wildman–Crippen MR) is 91.9 cm³/mol. The molecule has 2 aromatic rings. The van der Waals surface area contributed by atoms with Gasteiger partial charge in [0, 0.05) is 11.6 Å². The Morgan fingerprint density at radius 1 is 1.43 bits per heavy atom. The first kappa shape index (κ1) is 17.2. The van der Waals surface area contributed by atoms with Crippen molar-refractivity contribution < 1.29 is 4.79 Å². The number of hydrogen-bond acceptors (Lipinski definition) is 4. The molecule has 0 saturated heterocycles. The van der Waals surface area contributed by atoms with Crippen LogP contribution in [0.15, 0.2) is 43.0 Å². The highest BCUT2D eigenvalue weighted by Gasteiger charge is 2.13. The fourth-order valence-electron chi connectivity index (χ4n) is 2.19. The first-order valence-corrected chi connectivity index (χ1v) is 7.68. The molecular weight excluding hydrogens is 314 g/mol. The van der Waals surface area contributed by atoms with Gasteiger partial charge in [0.1, 0.15) is 12.7 Å². The average molecular weight is 334 g/mol. The van der Waals surface area contributed by atoms with Gasteiger partial charge in [-0.15, -0.1) is 0 Å². The lowest BCUT2D eigenvalue weighted by Gasteiger charge is -2.20. The number of aromatic nitrogens is 3. The Morgan fingerprint density at radius 3 is 2.83 bits per heavy atom. The molecule has 0 saturated carbocycles. The molecule has 6 nitrogen and oxygen atoms in total.